The number of aliphatic hydroxyl groups excluding tert-OH is 1. The number of rotatable bonds is 2. The number of carboxylic acids is 1. The number of nitrogens with two attached hydrogens (primary N) is 1. The highest BCUT2D eigenvalue weighted by atomic mass is 31.1. The van der Waals surface area contributed by atoms with E-state index in [0.29, 0.717) is 0 Å². The lowest BCUT2D eigenvalue weighted by atomic mass is 10.2. The van der Waals surface area contributed by atoms with E-state index in [1.165, 1.54) is 6.92 Å². The Hall–Kier alpha value is -0.590. The quantitative estimate of drug-likeness (QED) is 0.338. The first-order valence-electron chi connectivity index (χ1n) is 2.80. The minimum absolute atomic E-state index is 0.979. The third kappa shape index (κ3) is 12.1. The minimum Gasteiger partial charge on any atom is -0.480 e. The van der Waals surface area contributed by atoms with Crippen LogP contribution in [0.25, 0.3) is 0 Å². The summed E-state index contributed by atoms with van der Waals surface area (Å²) in [7, 11) is -2.87. The van der Waals surface area contributed by atoms with Gasteiger partial charge in [-0.3, -0.25) is 4.79 Å². The van der Waals surface area contributed by atoms with Crippen LogP contribution in [-0.4, -0.2) is 38.1 Å². The number of hydrogen-bond acceptors (Lipinski definition) is 4. The van der Waals surface area contributed by atoms with Crippen molar-refractivity contribution >= 4 is 14.2 Å². The molecule has 0 aliphatic carbocycles. The molecule has 8 heteroatoms. The van der Waals surface area contributed by atoms with Crippen LogP contribution in [0.1, 0.15) is 6.92 Å². The summed E-state index contributed by atoms with van der Waals surface area (Å²) in [4.78, 5) is 24.1. The zero-order valence-electron chi connectivity index (χ0n) is 6.28. The van der Waals surface area contributed by atoms with E-state index in [1.807, 2.05) is 0 Å². The van der Waals surface area contributed by atoms with E-state index in [0.717, 1.165) is 0 Å². The van der Waals surface area contributed by atoms with Gasteiger partial charge in [0.25, 0.3) is 0 Å². The molecule has 0 fully saturated rings. The second-order valence-corrected chi connectivity index (χ2v) is 2.36. The van der Waals surface area contributed by atoms with Crippen molar-refractivity contribution in [3.8, 4) is 0 Å². The van der Waals surface area contributed by atoms with Gasteiger partial charge in [0.05, 0.1) is 6.10 Å². The SMILES string of the molecule is CC(O)C(N)C(=O)O.O=[P+](O)O. The second kappa shape index (κ2) is 7.08. The molecule has 2 atom stereocenters. The molecule has 72 valence electrons. The molecule has 2 unspecified atom stereocenters. The van der Waals surface area contributed by atoms with E-state index in [9.17, 15) is 4.79 Å². The lowest BCUT2D eigenvalue weighted by Crippen LogP contribution is -2.39. The third-order valence-corrected chi connectivity index (χ3v) is 0.805. The van der Waals surface area contributed by atoms with Crippen molar-refractivity contribution in [2.45, 2.75) is 19.1 Å². The number of aliphatic carboxylic acids is 1. The van der Waals surface area contributed by atoms with Gasteiger partial charge >= 0.3 is 14.2 Å². The molecule has 0 radical (unpaired) electrons. The van der Waals surface area contributed by atoms with E-state index in [-0.39, 0.29) is 0 Å². The molecular formula is C4H11NO6P+. The summed E-state index contributed by atoms with van der Waals surface area (Å²) >= 11 is 0. The third-order valence-electron chi connectivity index (χ3n) is 0.805. The fraction of sp³-hybridized carbons (Fsp3) is 0.750. The molecule has 0 spiro atoms. The predicted octanol–water partition coefficient (Wildman–Crippen LogP) is -1.59. The average molecular weight is 200 g/mol. The van der Waals surface area contributed by atoms with Crippen molar-refractivity contribution in [2.75, 3.05) is 0 Å². The van der Waals surface area contributed by atoms with E-state index in [4.69, 9.17) is 30.3 Å². The van der Waals surface area contributed by atoms with Gasteiger partial charge < -0.3 is 15.9 Å². The Morgan fingerprint density at radius 2 is 1.75 bits per heavy atom. The Morgan fingerprint density at radius 1 is 1.50 bits per heavy atom. The molecule has 0 bridgehead atoms. The molecular weight excluding hydrogens is 189 g/mol. The highest BCUT2D eigenvalue weighted by molar-refractivity contribution is 7.30. The van der Waals surface area contributed by atoms with Crippen LogP contribution in [-0.2, 0) is 9.36 Å². The maximum Gasteiger partial charge on any atom is 0.692 e. The maximum absolute atomic E-state index is 9.86. The molecule has 0 saturated carbocycles. The van der Waals surface area contributed by atoms with Crippen molar-refractivity contribution in [3.05, 3.63) is 0 Å². The number of hydrogen-bond donors (Lipinski definition) is 5. The Labute approximate surface area is 69.4 Å². The molecule has 12 heavy (non-hydrogen) atoms. The molecule has 7 nitrogen and oxygen atoms in total. The van der Waals surface area contributed by atoms with Crippen LogP contribution in [0, 0.1) is 0 Å². The largest absolute Gasteiger partial charge is 0.692 e. The van der Waals surface area contributed by atoms with Gasteiger partial charge in [0, 0.05) is 4.57 Å². The number of aliphatic hydroxyl groups is 1. The van der Waals surface area contributed by atoms with Gasteiger partial charge in [0.15, 0.2) is 0 Å². The van der Waals surface area contributed by atoms with Crippen molar-refractivity contribution in [1.29, 1.82) is 0 Å². The summed E-state index contributed by atoms with van der Waals surface area (Å²) in [6.07, 6.45) is -0.979. The fourth-order valence-electron chi connectivity index (χ4n) is 0.206. The minimum atomic E-state index is -2.87. The van der Waals surface area contributed by atoms with Crippen molar-refractivity contribution in [3.63, 3.8) is 0 Å². The predicted molar refractivity (Wildman–Crippen MR) is 39.3 cm³/mol. The molecule has 0 aromatic heterocycles. The first-order chi connectivity index (χ1) is 5.29. The van der Waals surface area contributed by atoms with E-state index >= 15 is 0 Å². The molecule has 0 rings (SSSR count). The van der Waals surface area contributed by atoms with Crippen molar-refractivity contribution in [2.24, 2.45) is 5.73 Å². The number of carbonyl (C=O) groups is 1. The van der Waals surface area contributed by atoms with E-state index in [1.54, 1.807) is 0 Å². The first-order valence-corrected chi connectivity index (χ1v) is 3.97. The molecule has 0 aromatic rings. The van der Waals surface area contributed by atoms with Crippen LogP contribution in [0.2, 0.25) is 0 Å². The number of carboxylic acid groups (broad SMARTS) is 1. The highest BCUT2D eigenvalue weighted by Gasteiger charge is 2.16. The maximum atomic E-state index is 9.86. The monoisotopic (exact) mass is 200 g/mol. The fourth-order valence-corrected chi connectivity index (χ4v) is 0.206. The molecule has 0 saturated heterocycles. The average Bonchev–Trinajstić information content (AvgIpc) is 1.84. The van der Waals surface area contributed by atoms with Crippen LogP contribution in [0.15, 0.2) is 0 Å². The van der Waals surface area contributed by atoms with E-state index < -0.39 is 26.4 Å². The van der Waals surface area contributed by atoms with Gasteiger partial charge in [-0.2, -0.15) is 0 Å². The summed E-state index contributed by atoms with van der Waals surface area (Å²) < 4.78 is 8.70. The Kier molecular flexibility index (Phi) is 8.24. The zero-order chi connectivity index (χ0) is 10.3. The van der Waals surface area contributed by atoms with Crippen LogP contribution < -0.4 is 5.73 Å². The van der Waals surface area contributed by atoms with Gasteiger partial charge in [0.1, 0.15) is 6.04 Å². The summed E-state index contributed by atoms with van der Waals surface area (Å²) in [5, 5.41) is 16.6. The van der Waals surface area contributed by atoms with Crippen molar-refractivity contribution < 1.29 is 29.4 Å². The second-order valence-electron chi connectivity index (χ2n) is 1.86. The molecule has 0 aromatic carbocycles. The molecule has 0 aliphatic rings. The van der Waals surface area contributed by atoms with Crippen LogP contribution >= 0.6 is 8.25 Å². The van der Waals surface area contributed by atoms with Crippen LogP contribution in [0.3, 0.4) is 0 Å². The normalized spacial score (nSPS) is 13.8. The van der Waals surface area contributed by atoms with Crippen LogP contribution in [0.5, 0.6) is 0 Å². The highest BCUT2D eigenvalue weighted by Crippen LogP contribution is 1.98. The first kappa shape index (κ1) is 14.0. The molecule has 0 heterocycles. The van der Waals surface area contributed by atoms with Gasteiger partial charge in [-0.15, -0.1) is 9.79 Å². The van der Waals surface area contributed by atoms with Gasteiger partial charge in [0.2, 0.25) is 0 Å². The standard InChI is InChI=1S/C4H9NO3.HO3P/c1-2(6)3(5)4(7)8;1-4(2)3/h2-3,6H,5H2,1H3,(H,7,8);(H-,1,2,3)/p+1. The smallest absolute Gasteiger partial charge is 0.480 e. The van der Waals surface area contributed by atoms with Gasteiger partial charge in [-0.25, -0.2) is 0 Å². The Bertz CT molecular complexity index is 156. The Balaban J connectivity index is 0. The van der Waals surface area contributed by atoms with Gasteiger partial charge in [-0.1, -0.05) is 0 Å². The summed E-state index contributed by atoms with van der Waals surface area (Å²) in [5.74, 6) is -1.18. The van der Waals surface area contributed by atoms with E-state index in [2.05, 4.69) is 0 Å². The summed E-state index contributed by atoms with van der Waals surface area (Å²) in [6, 6.07) is -1.16. The molecule has 0 aliphatic heterocycles. The Morgan fingerprint density at radius 3 is 1.75 bits per heavy atom. The van der Waals surface area contributed by atoms with Gasteiger partial charge in [-0.05, 0) is 6.92 Å². The molecule has 0 amide bonds. The zero-order valence-corrected chi connectivity index (χ0v) is 7.18. The topological polar surface area (TPSA) is 141 Å². The summed E-state index contributed by atoms with van der Waals surface area (Å²) in [6.45, 7) is 1.33. The lowest BCUT2D eigenvalue weighted by Gasteiger charge is -2.06. The van der Waals surface area contributed by atoms with Crippen LogP contribution in [0.4, 0.5) is 0 Å². The van der Waals surface area contributed by atoms with Crippen molar-refractivity contribution in [1.82, 2.24) is 0 Å². The summed E-state index contributed by atoms with van der Waals surface area (Å²) in [5.41, 5.74) is 4.91. The molecule has 6 N–H and O–H groups in total. The lowest BCUT2D eigenvalue weighted by molar-refractivity contribution is -0.140.